The number of para-hydroxylation sites is 1. The lowest BCUT2D eigenvalue weighted by molar-refractivity contribution is -0.136. The number of carbonyl (C=O) groups is 4. The summed E-state index contributed by atoms with van der Waals surface area (Å²) < 4.78 is 6.10. The van der Waals surface area contributed by atoms with Crippen LogP contribution in [0, 0.1) is 6.92 Å². The van der Waals surface area contributed by atoms with Crippen LogP contribution in [0.2, 0.25) is 0 Å². The van der Waals surface area contributed by atoms with Crippen molar-refractivity contribution in [2.24, 2.45) is 5.10 Å². The van der Waals surface area contributed by atoms with Gasteiger partial charge in [-0.25, -0.2) is 10.2 Å². The van der Waals surface area contributed by atoms with Gasteiger partial charge >= 0.3 is 17.8 Å². The van der Waals surface area contributed by atoms with Crippen LogP contribution in [0.1, 0.15) is 27.0 Å². The molecule has 0 aromatic heterocycles. The zero-order valence-corrected chi connectivity index (χ0v) is 23.9. The van der Waals surface area contributed by atoms with Crippen LogP contribution in [0.4, 0.5) is 11.4 Å². The maximum absolute atomic E-state index is 12.8. The lowest BCUT2D eigenvalue weighted by Crippen LogP contribution is -2.33. The van der Waals surface area contributed by atoms with Gasteiger partial charge in [-0.2, -0.15) is 5.10 Å². The van der Waals surface area contributed by atoms with Gasteiger partial charge in [-0.1, -0.05) is 70.5 Å². The molecule has 0 bridgehead atoms. The van der Waals surface area contributed by atoms with Crippen molar-refractivity contribution in [3.05, 3.63) is 130 Å². The quantitative estimate of drug-likeness (QED) is 0.0577. The second kappa shape index (κ2) is 14.3. The Bertz CT molecular complexity index is 1690. The number of aryl methyl sites for hydroxylation is 1. The van der Waals surface area contributed by atoms with Crippen LogP contribution in [-0.2, 0) is 14.4 Å². The highest BCUT2D eigenvalue weighted by atomic mass is 79.9. The summed E-state index contributed by atoms with van der Waals surface area (Å²) in [5.41, 5.74) is 5.23. The summed E-state index contributed by atoms with van der Waals surface area (Å²) in [7, 11) is 0. The van der Waals surface area contributed by atoms with Crippen LogP contribution in [0.5, 0.6) is 5.75 Å². The Labute approximate surface area is 250 Å². The zero-order chi connectivity index (χ0) is 29.9. The molecule has 3 N–H and O–H groups in total. The van der Waals surface area contributed by atoms with Gasteiger partial charge in [0.25, 0.3) is 5.91 Å². The van der Waals surface area contributed by atoms with Crippen molar-refractivity contribution in [1.82, 2.24) is 5.43 Å². The van der Waals surface area contributed by atoms with Gasteiger partial charge < -0.3 is 15.4 Å². The first-order valence-electron chi connectivity index (χ1n) is 12.6. The molecule has 0 fully saturated rings. The number of carbonyl (C=O) groups excluding carboxylic acids is 4. The highest BCUT2D eigenvalue weighted by molar-refractivity contribution is 9.10. The van der Waals surface area contributed by atoms with Gasteiger partial charge in [-0.05, 0) is 66.6 Å². The Balaban J connectivity index is 1.38. The summed E-state index contributed by atoms with van der Waals surface area (Å²) >= 11 is 3.35. The maximum atomic E-state index is 12.8. The van der Waals surface area contributed by atoms with E-state index in [1.165, 1.54) is 24.4 Å². The number of rotatable bonds is 8. The fourth-order valence-corrected chi connectivity index (χ4v) is 4.06. The fraction of sp³-hybridized carbons (Fsp3) is 0.0312. The molecule has 0 unspecified atom stereocenters. The largest absolute Gasteiger partial charge is 0.423 e. The third kappa shape index (κ3) is 8.57. The Morgan fingerprint density at radius 2 is 1.57 bits per heavy atom. The van der Waals surface area contributed by atoms with Crippen molar-refractivity contribution in [3.63, 3.8) is 0 Å². The third-order valence-electron chi connectivity index (χ3n) is 5.67. The monoisotopic (exact) mass is 624 g/mol. The lowest BCUT2D eigenvalue weighted by atomic mass is 10.1. The summed E-state index contributed by atoms with van der Waals surface area (Å²) in [6.45, 7) is 1.90. The molecule has 0 heterocycles. The first kappa shape index (κ1) is 29.6. The van der Waals surface area contributed by atoms with Crippen LogP contribution < -0.4 is 20.8 Å². The minimum Gasteiger partial charge on any atom is -0.423 e. The highest BCUT2D eigenvalue weighted by Crippen LogP contribution is 2.22. The SMILES string of the molecule is Cc1cccc(NC(=O)c2ccccc2NC(=O)C(=O)NN=Cc2cc(Br)ccc2OC(=O)C=Cc2ccccc2)c1. The van der Waals surface area contributed by atoms with Crippen molar-refractivity contribution in [1.29, 1.82) is 0 Å². The van der Waals surface area contributed by atoms with E-state index in [1.807, 2.05) is 55.5 Å². The van der Waals surface area contributed by atoms with E-state index in [0.29, 0.717) is 15.7 Å². The molecule has 0 atom stereocenters. The number of anilines is 2. The molecular formula is C32H25BrN4O5. The first-order chi connectivity index (χ1) is 20.3. The van der Waals surface area contributed by atoms with Crippen molar-refractivity contribution < 1.29 is 23.9 Å². The second-order valence-electron chi connectivity index (χ2n) is 8.87. The standard InChI is InChI=1S/C32H25BrN4O5/c1-21-8-7-11-25(18-21)35-30(39)26-12-5-6-13-27(26)36-31(40)32(41)37-34-20-23-19-24(33)15-16-28(23)42-29(38)17-14-22-9-3-2-4-10-22/h2-20H,1H3,(H,35,39)(H,36,40)(H,37,41). The van der Waals surface area contributed by atoms with Gasteiger partial charge in [-0.15, -0.1) is 0 Å². The molecule has 4 rings (SSSR count). The Kier molecular flexibility index (Phi) is 10.1. The molecular weight excluding hydrogens is 600 g/mol. The average Bonchev–Trinajstić information content (AvgIpc) is 2.98. The van der Waals surface area contributed by atoms with E-state index in [1.54, 1.807) is 42.5 Å². The minimum atomic E-state index is -1.07. The smallest absolute Gasteiger partial charge is 0.336 e. The molecule has 4 aromatic rings. The van der Waals surface area contributed by atoms with Crippen molar-refractivity contribution in [2.75, 3.05) is 10.6 Å². The number of halogens is 1. The number of hydrogen-bond donors (Lipinski definition) is 3. The van der Waals surface area contributed by atoms with Gasteiger partial charge in [0.1, 0.15) is 5.75 Å². The van der Waals surface area contributed by atoms with E-state index < -0.39 is 23.7 Å². The predicted molar refractivity (Wildman–Crippen MR) is 165 cm³/mol. The Morgan fingerprint density at radius 3 is 2.36 bits per heavy atom. The summed E-state index contributed by atoms with van der Waals surface area (Å²) in [5.74, 6) is -2.97. The van der Waals surface area contributed by atoms with E-state index in [-0.39, 0.29) is 17.0 Å². The van der Waals surface area contributed by atoms with E-state index in [9.17, 15) is 19.2 Å². The van der Waals surface area contributed by atoms with Crippen LogP contribution in [-0.4, -0.2) is 29.9 Å². The first-order valence-corrected chi connectivity index (χ1v) is 13.4. The Morgan fingerprint density at radius 1 is 0.810 bits per heavy atom. The number of hydrazone groups is 1. The molecule has 0 saturated carbocycles. The molecule has 42 heavy (non-hydrogen) atoms. The second-order valence-corrected chi connectivity index (χ2v) is 9.79. The highest BCUT2D eigenvalue weighted by Gasteiger charge is 2.18. The Hall–Kier alpha value is -5.35. The lowest BCUT2D eigenvalue weighted by Gasteiger charge is -2.11. The molecule has 0 aliphatic heterocycles. The van der Waals surface area contributed by atoms with E-state index in [0.717, 1.165) is 11.1 Å². The van der Waals surface area contributed by atoms with Gasteiger partial charge in [0.05, 0.1) is 17.5 Å². The molecule has 0 radical (unpaired) electrons. The van der Waals surface area contributed by atoms with Crippen LogP contribution in [0.15, 0.2) is 113 Å². The molecule has 0 aliphatic carbocycles. The van der Waals surface area contributed by atoms with Gasteiger partial charge in [0.2, 0.25) is 0 Å². The number of esters is 1. The molecule has 210 valence electrons. The summed E-state index contributed by atoms with van der Waals surface area (Å²) in [6.07, 6.45) is 4.16. The number of nitrogens with zero attached hydrogens (tertiary/aromatic N) is 1. The number of amides is 3. The van der Waals surface area contributed by atoms with E-state index in [2.05, 4.69) is 37.1 Å². The maximum Gasteiger partial charge on any atom is 0.336 e. The van der Waals surface area contributed by atoms with Crippen molar-refractivity contribution in [3.8, 4) is 5.75 Å². The summed E-state index contributed by atoms with van der Waals surface area (Å²) in [5, 5.41) is 9.05. The molecule has 4 aromatic carbocycles. The number of nitrogens with one attached hydrogen (secondary N) is 3. The zero-order valence-electron chi connectivity index (χ0n) is 22.3. The molecule has 3 amide bonds. The van der Waals surface area contributed by atoms with E-state index >= 15 is 0 Å². The van der Waals surface area contributed by atoms with Gasteiger partial charge in [0.15, 0.2) is 0 Å². The molecule has 9 nitrogen and oxygen atoms in total. The van der Waals surface area contributed by atoms with Crippen molar-refractivity contribution >= 4 is 63.3 Å². The van der Waals surface area contributed by atoms with Crippen LogP contribution in [0.3, 0.4) is 0 Å². The van der Waals surface area contributed by atoms with Crippen LogP contribution in [0.25, 0.3) is 6.08 Å². The average molecular weight is 625 g/mol. The number of hydrogen-bond acceptors (Lipinski definition) is 6. The van der Waals surface area contributed by atoms with Crippen LogP contribution >= 0.6 is 15.9 Å². The molecule has 0 saturated heterocycles. The summed E-state index contributed by atoms with van der Waals surface area (Å²) in [6, 6.07) is 27.7. The minimum absolute atomic E-state index is 0.150. The van der Waals surface area contributed by atoms with Crippen molar-refractivity contribution in [2.45, 2.75) is 6.92 Å². The fourth-order valence-electron chi connectivity index (χ4n) is 3.69. The van der Waals surface area contributed by atoms with E-state index in [4.69, 9.17) is 4.74 Å². The molecule has 10 heteroatoms. The van der Waals surface area contributed by atoms with Gasteiger partial charge in [0, 0.05) is 21.8 Å². The predicted octanol–water partition coefficient (Wildman–Crippen LogP) is 5.72. The topological polar surface area (TPSA) is 126 Å². The number of benzene rings is 4. The van der Waals surface area contributed by atoms with Gasteiger partial charge in [-0.3, -0.25) is 14.4 Å². The normalized spacial score (nSPS) is 10.8. The third-order valence-corrected chi connectivity index (χ3v) is 6.16. The molecule has 0 aliphatic rings. The summed E-state index contributed by atoms with van der Waals surface area (Å²) in [4.78, 5) is 50.2. The number of ether oxygens (including phenoxy) is 1. The molecule has 0 spiro atoms.